The van der Waals surface area contributed by atoms with Gasteiger partial charge in [-0.1, -0.05) is 23.2 Å². The molecule has 21 heavy (non-hydrogen) atoms. The molecule has 110 valence electrons. The minimum Gasteiger partial charge on any atom is -0.484 e. The Morgan fingerprint density at radius 1 is 1.19 bits per heavy atom. The molecule has 0 unspecified atom stereocenters. The zero-order chi connectivity index (χ0) is 15.4. The Morgan fingerprint density at radius 2 is 1.95 bits per heavy atom. The Labute approximate surface area is 141 Å². The van der Waals surface area contributed by atoms with E-state index in [0.717, 1.165) is 10.0 Å². The number of carbonyl (C=O) groups excluding carboxylic acids is 1. The fourth-order valence-electron chi connectivity index (χ4n) is 1.63. The smallest absolute Gasteiger partial charge is 0.262 e. The lowest BCUT2D eigenvalue weighted by Gasteiger charge is -2.09. The summed E-state index contributed by atoms with van der Waals surface area (Å²) in [5.41, 5.74) is 1.51. The highest BCUT2D eigenvalue weighted by atomic mass is 79.9. The Morgan fingerprint density at radius 3 is 2.62 bits per heavy atom. The lowest BCUT2D eigenvalue weighted by atomic mass is 10.2. The fourth-order valence-corrected chi connectivity index (χ4v) is 2.17. The number of benzene rings is 2. The first-order valence-electron chi connectivity index (χ1n) is 6.09. The molecule has 1 amide bonds. The molecular formula is C15H12BrCl2NO2. The van der Waals surface area contributed by atoms with Crippen molar-refractivity contribution >= 4 is 50.7 Å². The molecule has 2 aromatic rings. The Balaban J connectivity index is 1.92. The lowest BCUT2D eigenvalue weighted by molar-refractivity contribution is -0.118. The zero-order valence-electron chi connectivity index (χ0n) is 11.1. The zero-order valence-corrected chi connectivity index (χ0v) is 14.2. The summed E-state index contributed by atoms with van der Waals surface area (Å²) >= 11 is 15.2. The molecule has 1 N–H and O–H groups in total. The number of aryl methyl sites for hydroxylation is 1. The first kappa shape index (κ1) is 16.1. The van der Waals surface area contributed by atoms with Crippen molar-refractivity contribution in [3.8, 4) is 5.75 Å². The van der Waals surface area contributed by atoms with Crippen molar-refractivity contribution in [2.75, 3.05) is 11.9 Å². The molecular weight excluding hydrogens is 377 g/mol. The summed E-state index contributed by atoms with van der Waals surface area (Å²) in [5, 5.41) is 3.90. The minimum atomic E-state index is -0.263. The molecule has 0 fully saturated rings. The van der Waals surface area contributed by atoms with Gasteiger partial charge in [0.2, 0.25) is 0 Å². The van der Waals surface area contributed by atoms with Gasteiger partial charge in [0.15, 0.2) is 6.61 Å². The Kier molecular flexibility index (Phi) is 5.51. The van der Waals surface area contributed by atoms with Crippen LogP contribution < -0.4 is 10.1 Å². The molecule has 0 aliphatic heterocycles. The van der Waals surface area contributed by atoms with E-state index < -0.39 is 0 Å². The van der Waals surface area contributed by atoms with E-state index >= 15 is 0 Å². The van der Waals surface area contributed by atoms with Gasteiger partial charge in [0.25, 0.3) is 5.91 Å². The number of halogens is 3. The number of ether oxygens (including phenoxy) is 1. The van der Waals surface area contributed by atoms with Crippen LogP contribution in [-0.2, 0) is 4.79 Å². The maximum absolute atomic E-state index is 11.8. The first-order valence-corrected chi connectivity index (χ1v) is 7.64. The molecule has 0 bridgehead atoms. The average molecular weight is 389 g/mol. The molecule has 0 saturated heterocycles. The second kappa shape index (κ2) is 7.16. The van der Waals surface area contributed by atoms with Crippen LogP contribution in [0.25, 0.3) is 0 Å². The normalized spacial score (nSPS) is 10.3. The van der Waals surface area contributed by atoms with Crippen molar-refractivity contribution in [2.45, 2.75) is 6.92 Å². The van der Waals surface area contributed by atoms with E-state index in [9.17, 15) is 4.79 Å². The van der Waals surface area contributed by atoms with E-state index in [4.69, 9.17) is 27.9 Å². The molecule has 2 aromatic carbocycles. The van der Waals surface area contributed by atoms with Gasteiger partial charge in [-0.15, -0.1) is 0 Å². The molecule has 2 rings (SSSR count). The summed E-state index contributed by atoms with van der Waals surface area (Å²) in [5.74, 6) is 0.335. The predicted octanol–water partition coefficient (Wildman–Crippen LogP) is 5.08. The van der Waals surface area contributed by atoms with Crippen LogP contribution in [0.2, 0.25) is 10.0 Å². The van der Waals surface area contributed by atoms with Crippen LogP contribution >= 0.6 is 39.1 Å². The van der Waals surface area contributed by atoms with E-state index in [2.05, 4.69) is 21.2 Å². The average Bonchev–Trinajstić information content (AvgIpc) is 2.44. The number of nitrogens with one attached hydrogen (secondary N) is 1. The Bertz CT molecular complexity index is 677. The number of rotatable bonds is 4. The van der Waals surface area contributed by atoms with Gasteiger partial charge in [0.05, 0.1) is 5.02 Å². The van der Waals surface area contributed by atoms with Gasteiger partial charge in [0.1, 0.15) is 5.75 Å². The number of carbonyl (C=O) groups is 1. The van der Waals surface area contributed by atoms with Crippen molar-refractivity contribution < 1.29 is 9.53 Å². The van der Waals surface area contributed by atoms with Crippen molar-refractivity contribution in [1.82, 2.24) is 0 Å². The largest absolute Gasteiger partial charge is 0.484 e. The van der Waals surface area contributed by atoms with Gasteiger partial charge in [0, 0.05) is 15.2 Å². The van der Waals surface area contributed by atoms with Crippen molar-refractivity contribution in [1.29, 1.82) is 0 Å². The van der Waals surface area contributed by atoms with E-state index in [1.165, 1.54) is 0 Å². The second-order valence-corrected chi connectivity index (χ2v) is 6.05. The van der Waals surface area contributed by atoms with Gasteiger partial charge in [-0.3, -0.25) is 4.79 Å². The number of hydrogen-bond acceptors (Lipinski definition) is 2. The van der Waals surface area contributed by atoms with Gasteiger partial charge < -0.3 is 10.1 Å². The third-order valence-corrected chi connectivity index (χ3v) is 4.36. The third-order valence-electron chi connectivity index (χ3n) is 2.70. The molecule has 0 spiro atoms. The molecule has 0 aromatic heterocycles. The second-order valence-electron chi connectivity index (χ2n) is 4.38. The van der Waals surface area contributed by atoms with Crippen molar-refractivity contribution in [3.63, 3.8) is 0 Å². The summed E-state index contributed by atoms with van der Waals surface area (Å²) in [6.07, 6.45) is 0. The predicted molar refractivity (Wildman–Crippen MR) is 89.5 cm³/mol. The third kappa shape index (κ3) is 4.63. The number of anilines is 1. The van der Waals surface area contributed by atoms with E-state index in [0.29, 0.717) is 21.5 Å². The van der Waals surface area contributed by atoms with Crippen LogP contribution in [0.15, 0.2) is 40.9 Å². The summed E-state index contributed by atoms with van der Waals surface area (Å²) in [6.45, 7) is 1.79. The minimum absolute atomic E-state index is 0.0885. The first-order chi connectivity index (χ1) is 9.95. The summed E-state index contributed by atoms with van der Waals surface area (Å²) in [7, 11) is 0. The Hall–Kier alpha value is -1.23. The van der Waals surface area contributed by atoms with E-state index in [-0.39, 0.29) is 12.5 Å². The molecule has 0 atom stereocenters. The van der Waals surface area contributed by atoms with Crippen LogP contribution in [0.4, 0.5) is 5.69 Å². The highest BCUT2D eigenvalue weighted by Crippen LogP contribution is 2.25. The molecule has 0 radical (unpaired) electrons. The molecule has 0 aliphatic rings. The summed E-state index contributed by atoms with van der Waals surface area (Å²) in [4.78, 5) is 11.8. The highest BCUT2D eigenvalue weighted by molar-refractivity contribution is 9.10. The van der Waals surface area contributed by atoms with Gasteiger partial charge >= 0.3 is 0 Å². The SMILES string of the molecule is Cc1cc(OCC(=O)Nc2ccc(Br)c(Cl)c2)ccc1Cl. The topological polar surface area (TPSA) is 38.3 Å². The number of hydrogen-bond donors (Lipinski definition) is 1. The van der Waals surface area contributed by atoms with Crippen LogP contribution in [0.3, 0.4) is 0 Å². The molecule has 0 aliphatic carbocycles. The molecule has 6 heteroatoms. The van der Waals surface area contributed by atoms with Gasteiger partial charge in [-0.05, 0) is 64.8 Å². The van der Waals surface area contributed by atoms with E-state index in [1.807, 2.05) is 6.92 Å². The summed E-state index contributed by atoms with van der Waals surface area (Å²) < 4.78 is 6.19. The van der Waals surface area contributed by atoms with Gasteiger partial charge in [-0.2, -0.15) is 0 Å². The molecule has 0 heterocycles. The van der Waals surface area contributed by atoms with Crippen molar-refractivity contribution in [3.05, 3.63) is 56.5 Å². The van der Waals surface area contributed by atoms with E-state index in [1.54, 1.807) is 36.4 Å². The maximum atomic E-state index is 11.8. The fraction of sp³-hybridized carbons (Fsp3) is 0.133. The monoisotopic (exact) mass is 387 g/mol. The van der Waals surface area contributed by atoms with Crippen LogP contribution in [0, 0.1) is 6.92 Å². The lowest BCUT2D eigenvalue weighted by Crippen LogP contribution is -2.20. The van der Waals surface area contributed by atoms with Crippen LogP contribution in [0.1, 0.15) is 5.56 Å². The standard InChI is InChI=1S/C15H12BrCl2NO2/c1-9-6-11(3-5-13(9)17)21-8-15(20)19-10-2-4-12(16)14(18)7-10/h2-7H,8H2,1H3,(H,19,20). The van der Waals surface area contributed by atoms with Crippen molar-refractivity contribution in [2.24, 2.45) is 0 Å². The molecule has 0 saturated carbocycles. The number of amides is 1. The summed E-state index contributed by atoms with van der Waals surface area (Å²) in [6, 6.07) is 10.4. The van der Waals surface area contributed by atoms with Crippen LogP contribution in [-0.4, -0.2) is 12.5 Å². The van der Waals surface area contributed by atoms with Crippen LogP contribution in [0.5, 0.6) is 5.75 Å². The van der Waals surface area contributed by atoms with Gasteiger partial charge in [-0.25, -0.2) is 0 Å². The molecule has 3 nitrogen and oxygen atoms in total. The highest BCUT2D eigenvalue weighted by Gasteiger charge is 2.06. The maximum Gasteiger partial charge on any atom is 0.262 e. The quantitative estimate of drug-likeness (QED) is 0.792.